The molecule has 2 aliphatic heterocycles. The van der Waals surface area contributed by atoms with Gasteiger partial charge >= 0.3 is 0 Å². The van der Waals surface area contributed by atoms with E-state index in [1.807, 2.05) is 6.20 Å². The zero-order chi connectivity index (χ0) is 10.3. The molecule has 80 valence electrons. The molecule has 2 atom stereocenters. The van der Waals surface area contributed by atoms with E-state index < -0.39 is 0 Å². The van der Waals surface area contributed by atoms with Gasteiger partial charge in [0.05, 0.1) is 0 Å². The number of hydrogen-bond donors (Lipinski definition) is 1. The van der Waals surface area contributed by atoms with E-state index in [2.05, 4.69) is 34.3 Å². The van der Waals surface area contributed by atoms with E-state index in [1.165, 1.54) is 25.1 Å². The maximum atomic E-state index is 4.49. The normalized spacial score (nSPS) is 29.5. The van der Waals surface area contributed by atoms with Crippen LogP contribution in [0.4, 0.5) is 5.82 Å². The highest BCUT2D eigenvalue weighted by Crippen LogP contribution is 2.33. The van der Waals surface area contributed by atoms with Crippen LogP contribution in [-0.4, -0.2) is 30.7 Å². The van der Waals surface area contributed by atoms with Crippen LogP contribution >= 0.6 is 0 Å². The third-order valence-corrected chi connectivity index (χ3v) is 3.61. The average molecular weight is 203 g/mol. The van der Waals surface area contributed by atoms with Crippen LogP contribution in [0.25, 0.3) is 0 Å². The first kappa shape index (κ1) is 9.16. The Morgan fingerprint density at radius 3 is 3.13 bits per heavy atom. The molecule has 3 rings (SSSR count). The highest BCUT2D eigenvalue weighted by molar-refractivity contribution is 5.44. The van der Waals surface area contributed by atoms with Crippen LogP contribution in [0.15, 0.2) is 18.3 Å². The molecule has 0 saturated carbocycles. The van der Waals surface area contributed by atoms with Crippen molar-refractivity contribution in [2.24, 2.45) is 5.92 Å². The van der Waals surface area contributed by atoms with E-state index >= 15 is 0 Å². The monoisotopic (exact) mass is 203 g/mol. The van der Waals surface area contributed by atoms with Gasteiger partial charge in [0, 0.05) is 25.3 Å². The lowest BCUT2D eigenvalue weighted by atomic mass is 9.83. The molecule has 3 nitrogen and oxygen atoms in total. The number of pyridine rings is 1. The van der Waals surface area contributed by atoms with E-state index in [1.54, 1.807) is 0 Å². The largest absolute Gasteiger partial charge is 0.352 e. The summed E-state index contributed by atoms with van der Waals surface area (Å²) >= 11 is 0. The maximum Gasteiger partial charge on any atom is 0.128 e. The summed E-state index contributed by atoms with van der Waals surface area (Å²) in [5.41, 5.74) is 1.23. The van der Waals surface area contributed by atoms with Crippen molar-refractivity contribution >= 4 is 5.82 Å². The summed E-state index contributed by atoms with van der Waals surface area (Å²) in [5.74, 6) is 2.04. The Hall–Kier alpha value is -1.09. The molecule has 0 spiro atoms. The molecule has 0 aliphatic carbocycles. The number of rotatable bonds is 1. The number of aryl methyl sites for hydroxylation is 1. The SMILES string of the molecule is Cc1ccc(N2C[C@@H]3CCNC[C@@H]32)nc1. The summed E-state index contributed by atoms with van der Waals surface area (Å²) in [6.45, 7) is 5.59. The van der Waals surface area contributed by atoms with Gasteiger partial charge in [0.25, 0.3) is 0 Å². The summed E-state index contributed by atoms with van der Waals surface area (Å²) in [6, 6.07) is 4.97. The van der Waals surface area contributed by atoms with Crippen LogP contribution < -0.4 is 10.2 Å². The number of aromatic nitrogens is 1. The molecule has 0 radical (unpaired) electrons. The molecular weight excluding hydrogens is 186 g/mol. The van der Waals surface area contributed by atoms with Gasteiger partial charge in [0.15, 0.2) is 0 Å². The smallest absolute Gasteiger partial charge is 0.128 e. The van der Waals surface area contributed by atoms with Crippen molar-refractivity contribution in [3.05, 3.63) is 23.9 Å². The molecule has 1 aromatic rings. The van der Waals surface area contributed by atoms with Gasteiger partial charge in [-0.15, -0.1) is 0 Å². The second-order valence-electron chi connectivity index (χ2n) is 4.67. The fourth-order valence-electron chi connectivity index (χ4n) is 2.62. The van der Waals surface area contributed by atoms with Crippen molar-refractivity contribution in [1.82, 2.24) is 10.3 Å². The summed E-state index contributed by atoms with van der Waals surface area (Å²) in [5, 5.41) is 3.46. The van der Waals surface area contributed by atoms with Crippen LogP contribution in [-0.2, 0) is 0 Å². The van der Waals surface area contributed by atoms with Crippen molar-refractivity contribution in [2.45, 2.75) is 19.4 Å². The molecule has 0 aromatic carbocycles. The Labute approximate surface area is 90.5 Å². The minimum Gasteiger partial charge on any atom is -0.352 e. The van der Waals surface area contributed by atoms with Crippen molar-refractivity contribution in [3.63, 3.8) is 0 Å². The topological polar surface area (TPSA) is 28.2 Å². The minimum absolute atomic E-state index is 0.689. The number of nitrogens with one attached hydrogen (secondary N) is 1. The predicted octanol–water partition coefficient (Wildman–Crippen LogP) is 1.19. The molecule has 2 aliphatic rings. The van der Waals surface area contributed by atoms with E-state index in [9.17, 15) is 0 Å². The summed E-state index contributed by atoms with van der Waals surface area (Å²) < 4.78 is 0. The minimum atomic E-state index is 0.689. The van der Waals surface area contributed by atoms with E-state index in [0.717, 1.165) is 18.3 Å². The molecule has 0 unspecified atom stereocenters. The third kappa shape index (κ3) is 1.51. The first-order chi connectivity index (χ1) is 7.34. The van der Waals surface area contributed by atoms with Crippen LogP contribution in [0.1, 0.15) is 12.0 Å². The van der Waals surface area contributed by atoms with Crippen molar-refractivity contribution in [3.8, 4) is 0 Å². The summed E-state index contributed by atoms with van der Waals surface area (Å²) in [7, 11) is 0. The van der Waals surface area contributed by atoms with Gasteiger partial charge in [0.2, 0.25) is 0 Å². The first-order valence-electron chi connectivity index (χ1n) is 5.74. The van der Waals surface area contributed by atoms with E-state index in [-0.39, 0.29) is 0 Å². The molecule has 0 bridgehead atoms. The molecule has 2 fully saturated rings. The average Bonchev–Trinajstić information content (AvgIpc) is 2.23. The molecular formula is C12H17N3. The lowest BCUT2D eigenvalue weighted by molar-refractivity contribution is 0.227. The number of hydrogen-bond acceptors (Lipinski definition) is 3. The van der Waals surface area contributed by atoms with Crippen LogP contribution in [0.5, 0.6) is 0 Å². The molecule has 0 amide bonds. The van der Waals surface area contributed by atoms with Gasteiger partial charge in [0.1, 0.15) is 5.82 Å². The van der Waals surface area contributed by atoms with Crippen LogP contribution in [0.3, 0.4) is 0 Å². The lowest BCUT2D eigenvalue weighted by Gasteiger charge is -2.51. The standard InChI is InChI=1S/C12H17N3/c1-9-2-3-12(14-6-9)15-8-10-4-5-13-7-11(10)15/h2-3,6,10-11,13H,4-5,7-8H2,1H3/t10-,11-/m0/s1. The lowest BCUT2D eigenvalue weighted by Crippen LogP contribution is -2.63. The van der Waals surface area contributed by atoms with Gasteiger partial charge in [-0.25, -0.2) is 4.98 Å². The quantitative estimate of drug-likeness (QED) is 0.743. The maximum absolute atomic E-state index is 4.49. The first-order valence-corrected chi connectivity index (χ1v) is 5.74. The molecule has 3 heteroatoms. The van der Waals surface area contributed by atoms with Crippen molar-refractivity contribution < 1.29 is 0 Å². The van der Waals surface area contributed by atoms with Crippen LogP contribution in [0.2, 0.25) is 0 Å². The molecule has 1 aromatic heterocycles. The van der Waals surface area contributed by atoms with Gasteiger partial charge in [-0.2, -0.15) is 0 Å². The van der Waals surface area contributed by atoms with E-state index in [0.29, 0.717) is 6.04 Å². The number of fused-ring (bicyclic) bond motifs is 1. The molecule has 2 saturated heterocycles. The highest BCUT2D eigenvalue weighted by Gasteiger charge is 2.40. The van der Waals surface area contributed by atoms with Crippen LogP contribution in [0, 0.1) is 12.8 Å². The van der Waals surface area contributed by atoms with Crippen molar-refractivity contribution in [1.29, 1.82) is 0 Å². The van der Waals surface area contributed by atoms with Gasteiger partial charge < -0.3 is 10.2 Å². The Morgan fingerprint density at radius 2 is 2.40 bits per heavy atom. The van der Waals surface area contributed by atoms with Crippen molar-refractivity contribution in [2.75, 3.05) is 24.5 Å². The Morgan fingerprint density at radius 1 is 1.47 bits per heavy atom. The second kappa shape index (κ2) is 3.49. The molecule has 3 heterocycles. The van der Waals surface area contributed by atoms with Gasteiger partial charge in [-0.3, -0.25) is 0 Å². The second-order valence-corrected chi connectivity index (χ2v) is 4.67. The summed E-state index contributed by atoms with van der Waals surface area (Å²) in [6.07, 6.45) is 3.28. The van der Waals surface area contributed by atoms with Gasteiger partial charge in [-0.1, -0.05) is 6.07 Å². The molecule has 15 heavy (non-hydrogen) atoms. The Balaban J connectivity index is 1.76. The number of nitrogens with zero attached hydrogens (tertiary/aromatic N) is 2. The predicted molar refractivity (Wildman–Crippen MR) is 61.1 cm³/mol. The Bertz CT molecular complexity index is 346. The van der Waals surface area contributed by atoms with E-state index in [4.69, 9.17) is 0 Å². The third-order valence-electron chi connectivity index (χ3n) is 3.61. The number of piperidine rings is 1. The fraction of sp³-hybridized carbons (Fsp3) is 0.583. The Kier molecular flexibility index (Phi) is 2.13. The highest BCUT2D eigenvalue weighted by atomic mass is 15.3. The summed E-state index contributed by atoms with van der Waals surface area (Å²) in [4.78, 5) is 6.92. The zero-order valence-electron chi connectivity index (χ0n) is 9.11. The molecule has 1 N–H and O–H groups in total. The fourth-order valence-corrected chi connectivity index (χ4v) is 2.62. The zero-order valence-corrected chi connectivity index (χ0v) is 9.11. The number of anilines is 1. The van der Waals surface area contributed by atoms with Gasteiger partial charge in [-0.05, 0) is 37.4 Å².